The minimum Gasteiger partial charge on any atom is -0.358 e. The molecule has 0 radical (unpaired) electrons. The van der Waals surface area contributed by atoms with Gasteiger partial charge in [-0.1, -0.05) is 4.80 Å². The van der Waals surface area contributed by atoms with Crippen LogP contribution in [-0.4, -0.2) is 32.5 Å². The maximum atomic E-state index is 10.4. The van der Waals surface area contributed by atoms with Gasteiger partial charge in [-0.15, -0.1) is 5.10 Å². The lowest BCUT2D eigenvalue weighted by atomic mass is 10.2. The number of hydrogen-bond donors (Lipinski definition) is 1. The molecule has 1 aliphatic rings. The Morgan fingerprint density at radius 3 is 3.20 bits per heavy atom. The Hall–Kier alpha value is -1.50. The smallest absolute Gasteiger partial charge is 0.358 e. The van der Waals surface area contributed by atoms with E-state index in [1.807, 2.05) is 0 Å². The molecule has 1 aliphatic heterocycles. The predicted molar refractivity (Wildman–Crippen MR) is 52.3 cm³/mol. The van der Waals surface area contributed by atoms with Crippen molar-refractivity contribution in [3.8, 4) is 0 Å². The molecule has 1 unspecified atom stereocenters. The van der Waals surface area contributed by atoms with E-state index in [4.69, 9.17) is 0 Å². The first-order valence-corrected chi connectivity index (χ1v) is 5.03. The molecule has 0 spiro atoms. The molecule has 0 aromatic carbocycles. The van der Waals surface area contributed by atoms with Gasteiger partial charge in [0.25, 0.3) is 0 Å². The summed E-state index contributed by atoms with van der Waals surface area (Å²) in [4.78, 5) is 11.2. The summed E-state index contributed by atoms with van der Waals surface area (Å²) in [6.07, 6.45) is 4.48. The van der Waals surface area contributed by atoms with Crippen molar-refractivity contribution in [3.63, 3.8) is 0 Å². The van der Waals surface area contributed by atoms with Gasteiger partial charge in [0.1, 0.15) is 0 Å². The molecule has 1 saturated heterocycles. The number of rotatable bonds is 4. The number of nitro groups is 1. The van der Waals surface area contributed by atoms with Gasteiger partial charge >= 0.3 is 5.82 Å². The summed E-state index contributed by atoms with van der Waals surface area (Å²) < 4.78 is 0. The van der Waals surface area contributed by atoms with E-state index in [0.717, 1.165) is 13.0 Å². The first-order valence-electron chi connectivity index (χ1n) is 5.03. The van der Waals surface area contributed by atoms with Crippen LogP contribution in [0.25, 0.3) is 0 Å². The van der Waals surface area contributed by atoms with Crippen molar-refractivity contribution < 1.29 is 4.92 Å². The number of hydrogen-bond acceptors (Lipinski definition) is 5. The predicted octanol–water partition coefficient (Wildman–Crippen LogP) is 0.328. The monoisotopic (exact) mass is 211 g/mol. The molecule has 1 fully saturated rings. The Labute approximate surface area is 86.6 Å². The Kier molecular flexibility index (Phi) is 2.91. The molecule has 1 aromatic heterocycles. The first-order chi connectivity index (χ1) is 7.25. The molecule has 7 nitrogen and oxygen atoms in total. The third-order valence-corrected chi connectivity index (χ3v) is 2.55. The van der Waals surface area contributed by atoms with E-state index in [-0.39, 0.29) is 5.82 Å². The van der Waals surface area contributed by atoms with Crippen molar-refractivity contribution in [2.24, 2.45) is 0 Å². The zero-order valence-corrected chi connectivity index (χ0v) is 8.30. The molecule has 0 aliphatic carbocycles. The van der Waals surface area contributed by atoms with Gasteiger partial charge in [-0.3, -0.25) is 0 Å². The summed E-state index contributed by atoms with van der Waals surface area (Å²) in [5, 5.41) is 21.3. The van der Waals surface area contributed by atoms with E-state index in [1.165, 1.54) is 23.8 Å². The van der Waals surface area contributed by atoms with Crippen molar-refractivity contribution >= 4 is 5.82 Å². The molecule has 0 bridgehead atoms. The Balaban J connectivity index is 1.84. The van der Waals surface area contributed by atoms with Gasteiger partial charge in [-0.05, 0) is 30.7 Å². The molecule has 7 heteroatoms. The van der Waals surface area contributed by atoms with Crippen LogP contribution in [0.5, 0.6) is 0 Å². The van der Waals surface area contributed by atoms with Gasteiger partial charge < -0.3 is 15.4 Å². The van der Waals surface area contributed by atoms with Crippen LogP contribution in [0.3, 0.4) is 0 Å². The normalized spacial score (nSPS) is 20.7. The van der Waals surface area contributed by atoms with Crippen LogP contribution in [0.4, 0.5) is 5.82 Å². The number of nitrogens with zero attached hydrogens (tertiary/aromatic N) is 4. The van der Waals surface area contributed by atoms with Crippen LogP contribution in [0.2, 0.25) is 0 Å². The highest BCUT2D eigenvalue weighted by molar-refractivity contribution is 5.07. The fourth-order valence-electron chi connectivity index (χ4n) is 1.75. The van der Waals surface area contributed by atoms with Gasteiger partial charge in [-0.2, -0.15) is 0 Å². The lowest BCUT2D eigenvalue weighted by molar-refractivity contribution is -0.389. The van der Waals surface area contributed by atoms with Crippen molar-refractivity contribution in [2.75, 3.05) is 6.54 Å². The van der Waals surface area contributed by atoms with Gasteiger partial charge in [-0.25, -0.2) is 0 Å². The van der Waals surface area contributed by atoms with Crippen molar-refractivity contribution in [2.45, 2.75) is 31.8 Å². The second-order valence-electron chi connectivity index (χ2n) is 3.64. The minimum atomic E-state index is -0.530. The number of nitrogens with one attached hydrogen (secondary N) is 1. The van der Waals surface area contributed by atoms with Crippen LogP contribution in [-0.2, 0) is 6.54 Å². The molecule has 2 rings (SSSR count). The average Bonchev–Trinajstić information content (AvgIpc) is 2.86. The molecule has 0 saturated carbocycles. The van der Waals surface area contributed by atoms with Crippen LogP contribution < -0.4 is 5.32 Å². The lowest BCUT2D eigenvalue weighted by Crippen LogP contribution is -2.23. The highest BCUT2D eigenvalue weighted by Gasteiger charge is 2.16. The summed E-state index contributed by atoms with van der Waals surface area (Å²) >= 11 is 0. The number of aromatic nitrogens is 3. The van der Waals surface area contributed by atoms with Crippen LogP contribution in [0.1, 0.15) is 19.3 Å². The molecule has 82 valence electrons. The molecule has 2 heterocycles. The first kappa shape index (κ1) is 10.0. The van der Waals surface area contributed by atoms with Gasteiger partial charge in [0.2, 0.25) is 0 Å². The SMILES string of the molecule is O=[N+]([O-])c1cnn(CCC2CCCN2)n1. The quantitative estimate of drug-likeness (QED) is 0.573. The fraction of sp³-hybridized carbons (Fsp3) is 0.750. The highest BCUT2D eigenvalue weighted by atomic mass is 16.6. The van der Waals surface area contributed by atoms with Crippen molar-refractivity contribution in [3.05, 3.63) is 16.3 Å². The number of aryl methyl sites for hydroxylation is 1. The topological polar surface area (TPSA) is 85.9 Å². The van der Waals surface area contributed by atoms with E-state index in [1.54, 1.807) is 0 Å². The van der Waals surface area contributed by atoms with Crippen molar-refractivity contribution in [1.82, 2.24) is 20.3 Å². The Morgan fingerprint density at radius 1 is 1.73 bits per heavy atom. The summed E-state index contributed by atoms with van der Waals surface area (Å²) in [6, 6.07) is 0.509. The minimum absolute atomic E-state index is 0.186. The average molecular weight is 211 g/mol. The summed E-state index contributed by atoms with van der Waals surface area (Å²) in [5.74, 6) is -0.186. The summed E-state index contributed by atoms with van der Waals surface area (Å²) in [6.45, 7) is 1.70. The highest BCUT2D eigenvalue weighted by Crippen LogP contribution is 2.10. The second kappa shape index (κ2) is 4.35. The fourth-order valence-corrected chi connectivity index (χ4v) is 1.75. The molecule has 15 heavy (non-hydrogen) atoms. The van der Waals surface area contributed by atoms with Gasteiger partial charge in [0.15, 0.2) is 6.20 Å². The Bertz CT molecular complexity index is 345. The van der Waals surface area contributed by atoms with E-state index in [9.17, 15) is 10.1 Å². The van der Waals surface area contributed by atoms with E-state index >= 15 is 0 Å². The zero-order valence-electron chi connectivity index (χ0n) is 8.30. The largest absolute Gasteiger partial charge is 0.410 e. The zero-order chi connectivity index (χ0) is 10.7. The van der Waals surface area contributed by atoms with E-state index in [0.29, 0.717) is 12.6 Å². The molecular weight excluding hydrogens is 198 g/mol. The molecule has 1 atom stereocenters. The summed E-state index contributed by atoms with van der Waals surface area (Å²) in [5.41, 5.74) is 0. The molecular formula is C8H13N5O2. The van der Waals surface area contributed by atoms with E-state index < -0.39 is 4.92 Å². The maximum absolute atomic E-state index is 10.4. The third-order valence-electron chi connectivity index (χ3n) is 2.55. The van der Waals surface area contributed by atoms with Crippen LogP contribution in [0, 0.1) is 10.1 Å². The molecule has 0 amide bonds. The Morgan fingerprint density at radius 2 is 2.60 bits per heavy atom. The maximum Gasteiger partial charge on any atom is 0.410 e. The molecule has 1 aromatic rings. The van der Waals surface area contributed by atoms with Gasteiger partial charge in [0.05, 0.1) is 11.6 Å². The van der Waals surface area contributed by atoms with Gasteiger partial charge in [0, 0.05) is 6.04 Å². The van der Waals surface area contributed by atoms with E-state index in [2.05, 4.69) is 15.5 Å². The van der Waals surface area contributed by atoms with Crippen molar-refractivity contribution in [1.29, 1.82) is 0 Å². The second-order valence-corrected chi connectivity index (χ2v) is 3.64. The third kappa shape index (κ3) is 2.50. The standard InChI is InChI=1S/C8H13N5O2/c14-13(15)8-6-10-12(11-8)5-3-7-2-1-4-9-7/h6-7,9H,1-5H2. The molecule has 1 N–H and O–H groups in total. The summed E-state index contributed by atoms with van der Waals surface area (Å²) in [7, 11) is 0. The van der Waals surface area contributed by atoms with Crippen LogP contribution >= 0.6 is 0 Å². The lowest BCUT2D eigenvalue weighted by Gasteiger charge is -2.06. The van der Waals surface area contributed by atoms with Crippen LogP contribution in [0.15, 0.2) is 6.20 Å².